The highest BCUT2D eigenvalue weighted by atomic mass is 35.5. The quantitative estimate of drug-likeness (QED) is 0.723. The zero-order chi connectivity index (χ0) is 11.4. The summed E-state index contributed by atoms with van der Waals surface area (Å²) < 4.78 is 0. The molecule has 6 heteroatoms. The minimum Gasteiger partial charge on any atom is -0.391 e. The first-order valence-electron chi connectivity index (χ1n) is 4.70. The van der Waals surface area contributed by atoms with Crippen LogP contribution in [0.1, 0.15) is 13.8 Å². The minimum atomic E-state index is -0.447. The highest BCUT2D eigenvalue weighted by Gasteiger charge is 2.11. The average Bonchev–Trinajstić information content (AvgIpc) is 2.19. The maximum Gasteiger partial charge on any atom is 0.150 e. The van der Waals surface area contributed by atoms with Crippen molar-refractivity contribution in [3.8, 4) is 0 Å². The van der Waals surface area contributed by atoms with Crippen molar-refractivity contribution in [2.24, 2.45) is 5.92 Å². The molecule has 0 aliphatic heterocycles. The van der Waals surface area contributed by atoms with Crippen LogP contribution in [0.2, 0.25) is 5.02 Å². The summed E-state index contributed by atoms with van der Waals surface area (Å²) in [5.41, 5.74) is 5.50. The third-order valence-electron chi connectivity index (χ3n) is 2.06. The Labute approximate surface area is 93.7 Å². The number of nitrogens with one attached hydrogen (secondary N) is 1. The number of hydrogen-bond acceptors (Lipinski definition) is 5. The normalized spacial score (nSPS) is 12.9. The maximum atomic E-state index is 9.57. The number of nitrogen functional groups attached to an aromatic ring is 1. The number of hydrogen-bond donors (Lipinski definition) is 3. The molecule has 4 N–H and O–H groups in total. The van der Waals surface area contributed by atoms with Crippen LogP contribution in [0.15, 0.2) is 6.33 Å². The Kier molecular flexibility index (Phi) is 4.11. The van der Waals surface area contributed by atoms with Gasteiger partial charge in [0, 0.05) is 6.54 Å². The monoisotopic (exact) mass is 230 g/mol. The summed E-state index contributed by atoms with van der Waals surface area (Å²) >= 11 is 5.86. The molecule has 5 nitrogen and oxygen atoms in total. The number of aromatic nitrogens is 2. The van der Waals surface area contributed by atoms with Gasteiger partial charge in [-0.05, 0) is 5.92 Å². The van der Waals surface area contributed by atoms with Gasteiger partial charge in [-0.15, -0.1) is 0 Å². The van der Waals surface area contributed by atoms with Crippen LogP contribution < -0.4 is 11.1 Å². The molecule has 0 fully saturated rings. The molecule has 0 aromatic carbocycles. The zero-order valence-electron chi connectivity index (χ0n) is 8.74. The lowest BCUT2D eigenvalue weighted by molar-refractivity contribution is 0.138. The van der Waals surface area contributed by atoms with Gasteiger partial charge in [-0.1, -0.05) is 25.4 Å². The van der Waals surface area contributed by atoms with Crippen LogP contribution in [0.25, 0.3) is 0 Å². The molecule has 1 aromatic rings. The van der Waals surface area contributed by atoms with Gasteiger partial charge in [-0.25, -0.2) is 9.97 Å². The van der Waals surface area contributed by atoms with Crippen LogP contribution in [0, 0.1) is 5.92 Å². The topological polar surface area (TPSA) is 84.1 Å². The van der Waals surface area contributed by atoms with Crippen molar-refractivity contribution in [1.29, 1.82) is 0 Å². The molecule has 1 heterocycles. The fourth-order valence-electron chi connectivity index (χ4n) is 0.944. The molecule has 1 rings (SSSR count). The molecule has 0 spiro atoms. The van der Waals surface area contributed by atoms with E-state index in [1.165, 1.54) is 6.33 Å². The first-order valence-corrected chi connectivity index (χ1v) is 5.08. The van der Waals surface area contributed by atoms with Gasteiger partial charge in [0.2, 0.25) is 0 Å². The third-order valence-corrected chi connectivity index (χ3v) is 2.44. The van der Waals surface area contributed by atoms with Gasteiger partial charge in [0.25, 0.3) is 0 Å². The van der Waals surface area contributed by atoms with Crippen molar-refractivity contribution in [3.63, 3.8) is 0 Å². The first kappa shape index (κ1) is 12.0. The Bertz CT molecular complexity index is 332. The molecule has 15 heavy (non-hydrogen) atoms. The van der Waals surface area contributed by atoms with Crippen molar-refractivity contribution < 1.29 is 5.11 Å². The molecule has 84 valence electrons. The number of aliphatic hydroxyl groups is 1. The molecule has 0 saturated carbocycles. The smallest absolute Gasteiger partial charge is 0.150 e. The third kappa shape index (κ3) is 3.21. The first-order chi connectivity index (χ1) is 7.02. The van der Waals surface area contributed by atoms with Crippen molar-refractivity contribution in [2.45, 2.75) is 20.0 Å². The molecule has 1 atom stereocenters. The number of anilines is 2. The van der Waals surface area contributed by atoms with E-state index in [-0.39, 0.29) is 16.8 Å². The Morgan fingerprint density at radius 3 is 2.80 bits per heavy atom. The second-order valence-electron chi connectivity index (χ2n) is 3.61. The van der Waals surface area contributed by atoms with Crippen LogP contribution in [0.4, 0.5) is 11.6 Å². The SMILES string of the molecule is CC(C)C(O)CNc1ncnc(N)c1Cl. The highest BCUT2D eigenvalue weighted by molar-refractivity contribution is 6.35. The van der Waals surface area contributed by atoms with Gasteiger partial charge in [-0.3, -0.25) is 0 Å². The summed E-state index contributed by atoms with van der Waals surface area (Å²) in [6, 6.07) is 0. The summed E-state index contributed by atoms with van der Waals surface area (Å²) in [5, 5.41) is 12.8. The van der Waals surface area contributed by atoms with Crippen LogP contribution in [0.3, 0.4) is 0 Å². The fourth-order valence-corrected chi connectivity index (χ4v) is 1.11. The highest BCUT2D eigenvalue weighted by Crippen LogP contribution is 2.23. The predicted molar refractivity (Wildman–Crippen MR) is 60.8 cm³/mol. The zero-order valence-corrected chi connectivity index (χ0v) is 9.49. The molecule has 0 amide bonds. The maximum absolute atomic E-state index is 9.57. The molecule has 1 unspecified atom stereocenters. The second-order valence-corrected chi connectivity index (χ2v) is 3.99. The van der Waals surface area contributed by atoms with Crippen LogP contribution >= 0.6 is 11.6 Å². The number of halogens is 1. The van der Waals surface area contributed by atoms with E-state index in [0.29, 0.717) is 12.4 Å². The number of rotatable bonds is 4. The fraction of sp³-hybridized carbons (Fsp3) is 0.556. The van der Waals surface area contributed by atoms with E-state index in [4.69, 9.17) is 17.3 Å². The van der Waals surface area contributed by atoms with Crippen molar-refractivity contribution >= 4 is 23.2 Å². The van der Waals surface area contributed by atoms with E-state index in [2.05, 4.69) is 15.3 Å². The van der Waals surface area contributed by atoms with Crippen molar-refractivity contribution in [2.75, 3.05) is 17.6 Å². The molecule has 0 radical (unpaired) electrons. The number of nitrogens with zero attached hydrogens (tertiary/aromatic N) is 2. The van der Waals surface area contributed by atoms with Crippen LogP contribution in [-0.4, -0.2) is 27.7 Å². The van der Waals surface area contributed by atoms with Gasteiger partial charge in [0.05, 0.1) is 6.10 Å². The van der Waals surface area contributed by atoms with E-state index in [0.717, 1.165) is 0 Å². The molecule has 0 aliphatic carbocycles. The summed E-state index contributed by atoms with van der Waals surface area (Å²) in [5.74, 6) is 0.854. The second kappa shape index (κ2) is 5.14. The molecular formula is C9H15ClN4O. The number of aliphatic hydroxyl groups excluding tert-OH is 1. The number of nitrogens with two attached hydrogens (primary N) is 1. The Morgan fingerprint density at radius 1 is 1.53 bits per heavy atom. The molecule has 0 aliphatic rings. The van der Waals surface area contributed by atoms with Gasteiger partial charge in [0.1, 0.15) is 17.2 Å². The van der Waals surface area contributed by atoms with Crippen molar-refractivity contribution in [1.82, 2.24) is 9.97 Å². The van der Waals surface area contributed by atoms with Gasteiger partial charge in [0.15, 0.2) is 5.82 Å². The van der Waals surface area contributed by atoms with Gasteiger partial charge >= 0.3 is 0 Å². The Morgan fingerprint density at radius 2 is 2.20 bits per heavy atom. The van der Waals surface area contributed by atoms with E-state index in [1.54, 1.807) is 0 Å². The summed E-state index contributed by atoms with van der Waals surface area (Å²) in [7, 11) is 0. The predicted octanol–water partition coefficient (Wildman–Crippen LogP) is 1.14. The lowest BCUT2D eigenvalue weighted by Gasteiger charge is -2.15. The molecule has 0 saturated heterocycles. The molecular weight excluding hydrogens is 216 g/mol. The van der Waals surface area contributed by atoms with E-state index < -0.39 is 6.10 Å². The minimum absolute atomic E-state index is 0.176. The molecule has 1 aromatic heterocycles. The van der Waals surface area contributed by atoms with Gasteiger partial charge < -0.3 is 16.2 Å². The molecule has 0 bridgehead atoms. The standard InChI is InChI=1S/C9H15ClN4O/c1-5(2)6(15)3-12-9-7(10)8(11)13-4-14-9/h4-6,15H,3H2,1-2H3,(H3,11,12,13,14). The lowest BCUT2D eigenvalue weighted by Crippen LogP contribution is -2.25. The van der Waals surface area contributed by atoms with Crippen LogP contribution in [-0.2, 0) is 0 Å². The summed E-state index contributed by atoms with van der Waals surface area (Å²) in [6.07, 6.45) is 0.878. The average molecular weight is 231 g/mol. The van der Waals surface area contributed by atoms with E-state index >= 15 is 0 Å². The Balaban J connectivity index is 2.62. The summed E-state index contributed by atoms with van der Waals surface area (Å²) in [4.78, 5) is 7.66. The largest absolute Gasteiger partial charge is 0.391 e. The Hall–Kier alpha value is -1.07. The van der Waals surface area contributed by atoms with Gasteiger partial charge in [-0.2, -0.15) is 0 Å². The lowest BCUT2D eigenvalue weighted by atomic mass is 10.1. The van der Waals surface area contributed by atoms with E-state index in [9.17, 15) is 5.11 Å². The summed E-state index contributed by atoms with van der Waals surface area (Å²) in [6.45, 7) is 4.25. The van der Waals surface area contributed by atoms with E-state index in [1.807, 2.05) is 13.8 Å². The van der Waals surface area contributed by atoms with Crippen molar-refractivity contribution in [3.05, 3.63) is 11.3 Å². The van der Waals surface area contributed by atoms with Crippen LogP contribution in [0.5, 0.6) is 0 Å².